The molecule has 1 atom stereocenters. The Hall–Kier alpha value is -1.26. The first-order chi connectivity index (χ1) is 9.42. The van der Waals surface area contributed by atoms with E-state index in [1.54, 1.807) is 14.2 Å². The van der Waals surface area contributed by atoms with Gasteiger partial charge in [-0.1, -0.05) is 6.92 Å². The lowest BCUT2D eigenvalue weighted by atomic mass is 9.82. The van der Waals surface area contributed by atoms with Gasteiger partial charge in [0.25, 0.3) is 0 Å². The second kappa shape index (κ2) is 5.62. The third-order valence-electron chi connectivity index (χ3n) is 4.08. The van der Waals surface area contributed by atoms with E-state index in [2.05, 4.69) is 37.8 Å². The van der Waals surface area contributed by atoms with Gasteiger partial charge in [-0.25, -0.2) is 0 Å². The molecule has 1 aliphatic heterocycles. The Labute approximate surface area is 121 Å². The van der Waals surface area contributed by atoms with Gasteiger partial charge in [0.2, 0.25) is 0 Å². The average molecular weight is 278 g/mol. The van der Waals surface area contributed by atoms with Crippen LogP contribution < -0.4 is 15.2 Å². The molecule has 0 aromatic heterocycles. The number of hydrogen-bond acceptors (Lipinski definition) is 4. The van der Waals surface area contributed by atoms with E-state index in [1.165, 1.54) is 11.1 Å². The first kappa shape index (κ1) is 15.1. The van der Waals surface area contributed by atoms with Gasteiger partial charge in [0.1, 0.15) is 0 Å². The lowest BCUT2D eigenvalue weighted by Crippen LogP contribution is -2.51. The molecule has 0 amide bonds. The number of rotatable bonds is 4. The van der Waals surface area contributed by atoms with Crippen LogP contribution in [-0.4, -0.2) is 37.7 Å². The molecule has 0 saturated heterocycles. The molecule has 1 aromatic rings. The molecule has 2 N–H and O–H groups in total. The number of methoxy groups -OCH3 is 2. The summed E-state index contributed by atoms with van der Waals surface area (Å²) in [5.74, 6) is 1.57. The highest BCUT2D eigenvalue weighted by atomic mass is 16.5. The van der Waals surface area contributed by atoms with Gasteiger partial charge in [0.05, 0.1) is 20.3 Å². The summed E-state index contributed by atoms with van der Waals surface area (Å²) in [7, 11) is 3.35. The highest BCUT2D eigenvalue weighted by Crippen LogP contribution is 2.41. The molecule has 1 unspecified atom stereocenters. The fraction of sp³-hybridized carbons (Fsp3) is 0.625. The summed E-state index contributed by atoms with van der Waals surface area (Å²) in [5.41, 5.74) is 8.72. The average Bonchev–Trinajstić information content (AvgIpc) is 2.43. The fourth-order valence-corrected chi connectivity index (χ4v) is 3.21. The van der Waals surface area contributed by atoms with Gasteiger partial charge in [0.15, 0.2) is 11.5 Å². The molecule has 4 heteroatoms. The van der Waals surface area contributed by atoms with Crippen LogP contribution in [0.3, 0.4) is 0 Å². The van der Waals surface area contributed by atoms with Crippen molar-refractivity contribution in [3.05, 3.63) is 23.3 Å². The Bertz CT molecular complexity index is 480. The maximum Gasteiger partial charge on any atom is 0.161 e. The molecule has 0 bridgehead atoms. The van der Waals surface area contributed by atoms with Crippen LogP contribution >= 0.6 is 0 Å². The number of ether oxygens (including phenoxy) is 2. The third kappa shape index (κ3) is 2.63. The number of likely N-dealkylation sites (N-methyl/N-ethyl adjacent to an activating group) is 1. The van der Waals surface area contributed by atoms with Crippen molar-refractivity contribution < 1.29 is 9.47 Å². The Balaban J connectivity index is 2.55. The fourth-order valence-electron chi connectivity index (χ4n) is 3.21. The minimum absolute atomic E-state index is 0.205. The Kier molecular flexibility index (Phi) is 4.25. The van der Waals surface area contributed by atoms with E-state index in [-0.39, 0.29) is 11.6 Å². The highest BCUT2D eigenvalue weighted by Gasteiger charge is 2.36. The highest BCUT2D eigenvalue weighted by molar-refractivity contribution is 5.50. The van der Waals surface area contributed by atoms with Gasteiger partial charge < -0.3 is 15.2 Å². The topological polar surface area (TPSA) is 47.7 Å². The number of nitrogens with two attached hydrogens (primary N) is 1. The van der Waals surface area contributed by atoms with Crippen molar-refractivity contribution in [2.75, 3.05) is 27.3 Å². The van der Waals surface area contributed by atoms with Crippen molar-refractivity contribution in [1.29, 1.82) is 0 Å². The molecule has 0 saturated carbocycles. The van der Waals surface area contributed by atoms with E-state index in [1.807, 2.05) is 0 Å². The van der Waals surface area contributed by atoms with Crippen LogP contribution in [0.25, 0.3) is 0 Å². The van der Waals surface area contributed by atoms with Crippen LogP contribution in [0.5, 0.6) is 11.5 Å². The SMILES string of the molecule is CCN1CCc2cc(OC)c(OC)cc2C1C(C)(C)N. The van der Waals surface area contributed by atoms with Crippen molar-refractivity contribution in [3.8, 4) is 11.5 Å². The normalized spacial score (nSPS) is 19.6. The summed E-state index contributed by atoms with van der Waals surface area (Å²) < 4.78 is 10.9. The van der Waals surface area contributed by atoms with Crippen LogP contribution in [0.4, 0.5) is 0 Å². The first-order valence-electron chi connectivity index (χ1n) is 7.20. The van der Waals surface area contributed by atoms with Crippen LogP contribution in [-0.2, 0) is 6.42 Å². The Morgan fingerprint density at radius 1 is 1.25 bits per heavy atom. The lowest BCUT2D eigenvalue weighted by molar-refractivity contribution is 0.132. The van der Waals surface area contributed by atoms with Gasteiger partial charge in [-0.3, -0.25) is 4.90 Å². The summed E-state index contributed by atoms with van der Waals surface area (Å²) in [6.07, 6.45) is 1.02. The lowest BCUT2D eigenvalue weighted by Gasteiger charge is -2.44. The van der Waals surface area contributed by atoms with Crippen molar-refractivity contribution in [2.24, 2.45) is 5.73 Å². The summed E-state index contributed by atoms with van der Waals surface area (Å²) in [4.78, 5) is 2.44. The zero-order chi connectivity index (χ0) is 14.9. The number of nitrogens with zero attached hydrogens (tertiary/aromatic N) is 1. The zero-order valence-corrected chi connectivity index (χ0v) is 13.2. The van der Waals surface area contributed by atoms with E-state index < -0.39 is 0 Å². The van der Waals surface area contributed by atoms with Crippen LogP contribution in [0.2, 0.25) is 0 Å². The summed E-state index contributed by atoms with van der Waals surface area (Å²) in [5, 5.41) is 0. The zero-order valence-electron chi connectivity index (χ0n) is 13.2. The second-order valence-electron chi connectivity index (χ2n) is 6.01. The van der Waals surface area contributed by atoms with E-state index in [0.717, 1.165) is 31.0 Å². The van der Waals surface area contributed by atoms with E-state index in [0.29, 0.717) is 0 Å². The largest absolute Gasteiger partial charge is 0.493 e. The van der Waals surface area contributed by atoms with Crippen LogP contribution in [0.1, 0.15) is 37.9 Å². The smallest absolute Gasteiger partial charge is 0.161 e. The van der Waals surface area contributed by atoms with Gasteiger partial charge in [0, 0.05) is 12.1 Å². The van der Waals surface area contributed by atoms with Gasteiger partial charge in [-0.15, -0.1) is 0 Å². The molecule has 1 aliphatic rings. The predicted octanol–water partition coefficient (Wildman–Crippen LogP) is 2.36. The summed E-state index contributed by atoms with van der Waals surface area (Å²) in [6, 6.07) is 4.39. The summed E-state index contributed by atoms with van der Waals surface area (Å²) >= 11 is 0. The molecular formula is C16H26N2O2. The number of hydrogen-bond donors (Lipinski definition) is 1. The molecule has 0 aliphatic carbocycles. The molecule has 0 spiro atoms. The first-order valence-corrected chi connectivity index (χ1v) is 7.20. The molecule has 112 valence electrons. The van der Waals surface area contributed by atoms with E-state index in [9.17, 15) is 0 Å². The Morgan fingerprint density at radius 3 is 2.35 bits per heavy atom. The van der Waals surface area contributed by atoms with Gasteiger partial charge in [-0.2, -0.15) is 0 Å². The monoisotopic (exact) mass is 278 g/mol. The summed E-state index contributed by atoms with van der Waals surface area (Å²) in [6.45, 7) is 8.39. The van der Waals surface area contributed by atoms with Crippen LogP contribution in [0.15, 0.2) is 12.1 Å². The maximum atomic E-state index is 6.44. The minimum atomic E-state index is -0.301. The minimum Gasteiger partial charge on any atom is -0.493 e. The third-order valence-corrected chi connectivity index (χ3v) is 4.08. The quantitative estimate of drug-likeness (QED) is 0.918. The predicted molar refractivity (Wildman–Crippen MR) is 81.5 cm³/mol. The van der Waals surface area contributed by atoms with Gasteiger partial charge in [-0.05, 0) is 50.1 Å². The molecule has 0 fully saturated rings. The Morgan fingerprint density at radius 2 is 1.85 bits per heavy atom. The molecule has 2 rings (SSSR count). The molecule has 1 heterocycles. The molecule has 0 radical (unpaired) electrons. The molecular weight excluding hydrogens is 252 g/mol. The van der Waals surface area contributed by atoms with Crippen molar-refractivity contribution in [1.82, 2.24) is 4.90 Å². The van der Waals surface area contributed by atoms with E-state index in [4.69, 9.17) is 15.2 Å². The molecule has 20 heavy (non-hydrogen) atoms. The molecule has 1 aromatic carbocycles. The maximum absolute atomic E-state index is 6.44. The van der Waals surface area contributed by atoms with Crippen molar-refractivity contribution >= 4 is 0 Å². The van der Waals surface area contributed by atoms with Crippen molar-refractivity contribution in [3.63, 3.8) is 0 Å². The second-order valence-corrected chi connectivity index (χ2v) is 6.01. The van der Waals surface area contributed by atoms with Crippen molar-refractivity contribution in [2.45, 2.75) is 38.8 Å². The van der Waals surface area contributed by atoms with E-state index >= 15 is 0 Å². The standard InChI is InChI=1S/C16H26N2O2/c1-6-18-8-7-11-9-13(19-4)14(20-5)10-12(11)15(18)16(2,3)17/h9-10,15H,6-8,17H2,1-5H3. The van der Waals surface area contributed by atoms with Crippen LogP contribution in [0, 0.1) is 0 Å². The molecule has 4 nitrogen and oxygen atoms in total. The van der Waals surface area contributed by atoms with Gasteiger partial charge >= 0.3 is 0 Å². The number of benzene rings is 1. The number of fused-ring (bicyclic) bond motifs is 1.